The fraction of sp³-hybridized carbons (Fsp3) is 0.500. The minimum atomic E-state index is 0.763. The Hall–Kier alpha value is -0.240. The summed E-state index contributed by atoms with van der Waals surface area (Å²) in [5.41, 5.74) is 2.09. The number of hydrogen-bond donors (Lipinski definition) is 1. The first-order valence-electron chi connectivity index (χ1n) is 2.61. The van der Waals surface area contributed by atoms with Gasteiger partial charge in [-0.25, -0.2) is 0 Å². The van der Waals surface area contributed by atoms with Crippen LogP contribution in [0.15, 0.2) is 11.6 Å². The average Bonchev–Trinajstić information content (AvgIpc) is 1.64. The van der Waals surface area contributed by atoms with Crippen LogP contribution >= 0.6 is 11.8 Å². The highest BCUT2D eigenvalue weighted by atomic mass is 32.2. The van der Waals surface area contributed by atoms with Gasteiger partial charge in [-0.05, 0) is 13.0 Å². The molecule has 0 aromatic heterocycles. The van der Waals surface area contributed by atoms with Gasteiger partial charge in [-0.2, -0.15) is 11.8 Å². The van der Waals surface area contributed by atoms with Crippen molar-refractivity contribution < 1.29 is 0 Å². The molecule has 0 spiro atoms. The molecule has 0 aliphatic carbocycles. The molecule has 2 heteroatoms. The molecule has 0 saturated heterocycles. The minimum absolute atomic E-state index is 0.763. The van der Waals surface area contributed by atoms with Crippen LogP contribution in [0.3, 0.4) is 0 Å². The number of nitrogens with one attached hydrogen (secondary N) is 1. The highest BCUT2D eigenvalue weighted by Gasteiger charge is 2.01. The maximum atomic E-state index is 7.22. The van der Waals surface area contributed by atoms with E-state index >= 15 is 0 Å². The molecule has 1 N–H and O–H groups in total. The van der Waals surface area contributed by atoms with E-state index in [4.69, 9.17) is 5.41 Å². The van der Waals surface area contributed by atoms with Gasteiger partial charge in [0.25, 0.3) is 0 Å². The van der Waals surface area contributed by atoms with Gasteiger partial charge in [-0.15, -0.1) is 0 Å². The zero-order valence-corrected chi connectivity index (χ0v) is 5.72. The Labute approximate surface area is 53.7 Å². The molecule has 1 nitrogen and oxygen atoms in total. The van der Waals surface area contributed by atoms with Crippen molar-refractivity contribution in [3.05, 3.63) is 11.6 Å². The summed E-state index contributed by atoms with van der Waals surface area (Å²) in [6.45, 7) is 2.07. The lowest BCUT2D eigenvalue weighted by molar-refractivity contribution is 1.37. The first kappa shape index (κ1) is 5.89. The summed E-state index contributed by atoms with van der Waals surface area (Å²) in [5, 5.41) is 7.22. The van der Waals surface area contributed by atoms with Gasteiger partial charge in [0, 0.05) is 17.2 Å². The normalized spacial score (nSPS) is 20.6. The lowest BCUT2D eigenvalue weighted by atomic mass is 10.2. The fourth-order valence-electron chi connectivity index (χ4n) is 0.703. The predicted octanol–water partition coefficient (Wildman–Crippen LogP) is 1.70. The van der Waals surface area contributed by atoms with Gasteiger partial charge in [0.15, 0.2) is 0 Å². The number of allylic oxidation sites excluding steroid dienone is 1. The van der Waals surface area contributed by atoms with E-state index in [9.17, 15) is 0 Å². The molecule has 0 bridgehead atoms. The van der Waals surface area contributed by atoms with E-state index in [2.05, 4.69) is 6.92 Å². The van der Waals surface area contributed by atoms with Crippen LogP contribution in [0.5, 0.6) is 0 Å². The molecule has 0 radical (unpaired) electrons. The van der Waals surface area contributed by atoms with Crippen molar-refractivity contribution in [2.24, 2.45) is 0 Å². The summed E-state index contributed by atoms with van der Waals surface area (Å²) < 4.78 is 0. The van der Waals surface area contributed by atoms with Gasteiger partial charge in [0.2, 0.25) is 0 Å². The molecular weight excluding hydrogens is 118 g/mol. The number of rotatable bonds is 0. The maximum Gasteiger partial charge on any atom is 0.0412 e. The molecule has 1 heterocycles. The van der Waals surface area contributed by atoms with Crippen LogP contribution in [0.1, 0.15) is 6.92 Å². The highest BCUT2D eigenvalue weighted by molar-refractivity contribution is 8.00. The summed E-state index contributed by atoms with van der Waals surface area (Å²) >= 11 is 1.82. The van der Waals surface area contributed by atoms with Crippen molar-refractivity contribution in [3.63, 3.8) is 0 Å². The topological polar surface area (TPSA) is 23.9 Å². The Morgan fingerprint density at radius 3 is 2.75 bits per heavy atom. The summed E-state index contributed by atoms with van der Waals surface area (Å²) in [6, 6.07) is 0. The second kappa shape index (κ2) is 2.35. The Kier molecular flexibility index (Phi) is 1.73. The molecule has 0 aromatic rings. The van der Waals surface area contributed by atoms with Crippen molar-refractivity contribution in [2.75, 3.05) is 11.5 Å². The van der Waals surface area contributed by atoms with E-state index in [1.807, 2.05) is 17.8 Å². The maximum absolute atomic E-state index is 7.22. The molecule has 1 aliphatic heterocycles. The molecule has 0 saturated carbocycles. The van der Waals surface area contributed by atoms with Crippen molar-refractivity contribution >= 4 is 17.5 Å². The van der Waals surface area contributed by atoms with Crippen molar-refractivity contribution in [1.82, 2.24) is 0 Å². The second-order valence-electron chi connectivity index (χ2n) is 2.01. The van der Waals surface area contributed by atoms with Crippen LogP contribution in [0.2, 0.25) is 0 Å². The van der Waals surface area contributed by atoms with Gasteiger partial charge < -0.3 is 5.41 Å². The zero-order valence-electron chi connectivity index (χ0n) is 4.90. The molecule has 0 unspecified atom stereocenters. The monoisotopic (exact) mass is 127 g/mol. The summed E-state index contributed by atoms with van der Waals surface area (Å²) in [6.07, 6.45) is 1.95. The Balaban J connectivity index is 2.64. The van der Waals surface area contributed by atoms with Gasteiger partial charge in [0.05, 0.1) is 0 Å². The van der Waals surface area contributed by atoms with Crippen LogP contribution in [-0.4, -0.2) is 17.2 Å². The number of hydrogen-bond acceptors (Lipinski definition) is 2. The smallest absolute Gasteiger partial charge is 0.0412 e. The van der Waals surface area contributed by atoms with Gasteiger partial charge >= 0.3 is 0 Å². The van der Waals surface area contributed by atoms with E-state index in [-0.39, 0.29) is 0 Å². The highest BCUT2D eigenvalue weighted by Crippen LogP contribution is 2.13. The van der Waals surface area contributed by atoms with Gasteiger partial charge in [-0.3, -0.25) is 0 Å². The summed E-state index contributed by atoms with van der Waals surface area (Å²) in [7, 11) is 0. The van der Waals surface area contributed by atoms with E-state index < -0.39 is 0 Å². The Morgan fingerprint density at radius 2 is 2.38 bits per heavy atom. The largest absolute Gasteiger partial charge is 0.304 e. The lowest BCUT2D eigenvalue weighted by Crippen LogP contribution is -2.04. The van der Waals surface area contributed by atoms with E-state index in [1.54, 1.807) is 0 Å². The molecule has 1 aliphatic rings. The van der Waals surface area contributed by atoms with Crippen LogP contribution < -0.4 is 0 Å². The van der Waals surface area contributed by atoms with Crippen molar-refractivity contribution in [2.45, 2.75) is 6.92 Å². The summed E-state index contributed by atoms with van der Waals surface area (Å²) in [4.78, 5) is 0. The van der Waals surface area contributed by atoms with E-state index in [1.165, 1.54) is 5.57 Å². The fourth-order valence-corrected chi connectivity index (χ4v) is 1.51. The third-order valence-electron chi connectivity index (χ3n) is 1.01. The first-order valence-corrected chi connectivity index (χ1v) is 3.77. The summed E-state index contributed by atoms with van der Waals surface area (Å²) in [5.74, 6) is 2.01. The molecular formula is C6H9NS. The predicted molar refractivity (Wildman–Crippen MR) is 38.8 cm³/mol. The second-order valence-corrected chi connectivity index (χ2v) is 2.99. The first-order chi connectivity index (χ1) is 3.79. The molecule has 44 valence electrons. The molecule has 1 rings (SSSR count). The SMILES string of the molecule is CC1=CC(=N)CSC1. The quantitative estimate of drug-likeness (QED) is 0.526. The lowest BCUT2D eigenvalue weighted by Gasteiger charge is -2.07. The van der Waals surface area contributed by atoms with Crippen LogP contribution in [0, 0.1) is 5.41 Å². The third-order valence-corrected chi connectivity index (χ3v) is 2.18. The van der Waals surface area contributed by atoms with Crippen LogP contribution in [0.25, 0.3) is 0 Å². The molecule has 8 heavy (non-hydrogen) atoms. The average molecular weight is 127 g/mol. The van der Waals surface area contributed by atoms with Crippen molar-refractivity contribution in [3.8, 4) is 0 Å². The molecule has 0 fully saturated rings. The minimum Gasteiger partial charge on any atom is -0.304 e. The number of thioether (sulfide) groups is 1. The molecule has 0 atom stereocenters. The molecule has 0 amide bonds. The third kappa shape index (κ3) is 1.37. The Morgan fingerprint density at radius 1 is 1.62 bits per heavy atom. The van der Waals surface area contributed by atoms with E-state index in [0.29, 0.717) is 0 Å². The zero-order chi connectivity index (χ0) is 5.98. The van der Waals surface area contributed by atoms with Crippen LogP contribution in [0.4, 0.5) is 0 Å². The van der Waals surface area contributed by atoms with Gasteiger partial charge in [0.1, 0.15) is 0 Å². The standard InChI is InChI=1S/C6H9NS/c1-5-2-6(7)4-8-3-5/h2,7H,3-4H2,1H3. The van der Waals surface area contributed by atoms with Gasteiger partial charge in [-0.1, -0.05) is 5.57 Å². The van der Waals surface area contributed by atoms with Crippen LogP contribution in [-0.2, 0) is 0 Å². The molecule has 0 aromatic carbocycles. The van der Waals surface area contributed by atoms with E-state index in [0.717, 1.165) is 17.2 Å². The van der Waals surface area contributed by atoms with Crippen molar-refractivity contribution in [1.29, 1.82) is 5.41 Å². The Bertz CT molecular complexity index is 137.